The molecule has 1 aliphatic rings. The van der Waals surface area contributed by atoms with Gasteiger partial charge in [-0.1, -0.05) is 0 Å². The van der Waals surface area contributed by atoms with Gasteiger partial charge in [-0.25, -0.2) is 0 Å². The molecule has 1 amide bonds. The minimum absolute atomic E-state index is 0.0783. The molecule has 1 saturated heterocycles. The van der Waals surface area contributed by atoms with Crippen molar-refractivity contribution in [3.05, 3.63) is 58.4 Å². The number of aromatic nitrogens is 3. The Labute approximate surface area is 156 Å². The van der Waals surface area contributed by atoms with Gasteiger partial charge in [0.1, 0.15) is 11.9 Å². The zero-order valence-corrected chi connectivity index (χ0v) is 15.4. The van der Waals surface area contributed by atoms with Crippen LogP contribution in [0.2, 0.25) is 0 Å². The number of rotatable bonds is 3. The van der Waals surface area contributed by atoms with E-state index < -0.39 is 0 Å². The predicted molar refractivity (Wildman–Crippen MR) is 102 cm³/mol. The lowest BCUT2D eigenvalue weighted by atomic mass is 10.1. The number of nitrogens with one attached hydrogen (secondary N) is 1. The molecule has 7 nitrogen and oxygen atoms in total. The third kappa shape index (κ3) is 3.20. The number of carbonyl (C=O) groups excluding carboxylic acids is 1. The van der Waals surface area contributed by atoms with Gasteiger partial charge >= 0.3 is 0 Å². The van der Waals surface area contributed by atoms with E-state index in [1.165, 1.54) is 0 Å². The summed E-state index contributed by atoms with van der Waals surface area (Å²) >= 11 is 0. The minimum atomic E-state index is -0.226. The number of likely N-dealkylation sites (tertiary alicyclic amines) is 1. The molecule has 1 N–H and O–H groups in total. The van der Waals surface area contributed by atoms with Crippen molar-refractivity contribution in [3.63, 3.8) is 0 Å². The minimum Gasteiger partial charge on any atom is -0.490 e. The number of H-pyrrole nitrogens is 1. The van der Waals surface area contributed by atoms with E-state index in [9.17, 15) is 9.59 Å². The van der Waals surface area contributed by atoms with Crippen molar-refractivity contribution in [1.29, 1.82) is 0 Å². The Morgan fingerprint density at radius 1 is 1.26 bits per heavy atom. The Bertz CT molecular complexity index is 1030. The predicted octanol–water partition coefficient (Wildman–Crippen LogP) is 2.25. The number of piperidine rings is 1. The van der Waals surface area contributed by atoms with Crippen LogP contribution in [0.3, 0.4) is 0 Å². The van der Waals surface area contributed by atoms with Crippen LogP contribution in [-0.4, -0.2) is 44.5 Å². The van der Waals surface area contributed by atoms with Crippen molar-refractivity contribution in [2.75, 3.05) is 13.1 Å². The monoisotopic (exact) mass is 366 g/mol. The highest BCUT2D eigenvalue weighted by molar-refractivity contribution is 6.07. The van der Waals surface area contributed by atoms with Gasteiger partial charge in [0, 0.05) is 57.8 Å². The summed E-state index contributed by atoms with van der Waals surface area (Å²) in [6, 6.07) is 3.67. The van der Waals surface area contributed by atoms with E-state index in [1.807, 2.05) is 35.6 Å². The first-order valence-corrected chi connectivity index (χ1v) is 9.08. The zero-order chi connectivity index (χ0) is 19.0. The summed E-state index contributed by atoms with van der Waals surface area (Å²) in [5.41, 5.74) is 1.98. The molecule has 0 aromatic carbocycles. The largest absolute Gasteiger partial charge is 0.490 e. The Balaban J connectivity index is 1.51. The molecular formula is C20H22N4O3. The molecule has 0 saturated carbocycles. The SMILES string of the molecule is Cc1c[nH]c(=O)c2c(C(=O)N3CCC(Oc4ccncc4)CC3)cn(C)c12. The Kier molecular flexibility index (Phi) is 4.43. The zero-order valence-electron chi connectivity index (χ0n) is 15.4. The highest BCUT2D eigenvalue weighted by atomic mass is 16.5. The second-order valence-electron chi connectivity index (χ2n) is 6.97. The summed E-state index contributed by atoms with van der Waals surface area (Å²) in [6.45, 7) is 3.14. The van der Waals surface area contributed by atoms with Crippen molar-refractivity contribution in [2.24, 2.45) is 7.05 Å². The fraction of sp³-hybridized carbons (Fsp3) is 0.350. The standard InChI is InChI=1S/C20H22N4O3/c1-13-11-22-19(25)17-16(12-23(2)18(13)17)20(26)24-9-5-15(6-10-24)27-14-3-7-21-8-4-14/h3-4,7-8,11-12,15H,5-6,9-10H2,1-2H3,(H,22,25). The molecular weight excluding hydrogens is 344 g/mol. The lowest BCUT2D eigenvalue weighted by Crippen LogP contribution is -2.42. The molecule has 1 fully saturated rings. The summed E-state index contributed by atoms with van der Waals surface area (Å²) in [7, 11) is 1.86. The molecule has 4 rings (SSSR count). The van der Waals surface area contributed by atoms with Crippen LogP contribution in [0.1, 0.15) is 28.8 Å². The molecule has 7 heteroatoms. The van der Waals surface area contributed by atoms with Crippen molar-refractivity contribution in [3.8, 4) is 5.75 Å². The van der Waals surface area contributed by atoms with Gasteiger partial charge in [-0.2, -0.15) is 0 Å². The first kappa shape index (κ1) is 17.3. The van der Waals surface area contributed by atoms with E-state index in [2.05, 4.69) is 9.97 Å². The summed E-state index contributed by atoms with van der Waals surface area (Å²) in [6.07, 6.45) is 8.44. The van der Waals surface area contributed by atoms with Crippen molar-refractivity contribution in [2.45, 2.75) is 25.9 Å². The van der Waals surface area contributed by atoms with E-state index in [0.29, 0.717) is 24.0 Å². The first-order valence-electron chi connectivity index (χ1n) is 9.08. The van der Waals surface area contributed by atoms with Crippen LogP contribution in [0.5, 0.6) is 5.75 Å². The number of fused-ring (bicyclic) bond motifs is 1. The van der Waals surface area contributed by atoms with Crippen LogP contribution in [0.4, 0.5) is 0 Å². The van der Waals surface area contributed by atoms with Gasteiger partial charge in [0.05, 0.1) is 16.5 Å². The molecule has 4 heterocycles. The van der Waals surface area contributed by atoms with Crippen LogP contribution in [-0.2, 0) is 7.05 Å². The maximum absolute atomic E-state index is 13.1. The van der Waals surface area contributed by atoms with Crippen molar-refractivity contribution < 1.29 is 9.53 Å². The van der Waals surface area contributed by atoms with E-state index in [-0.39, 0.29) is 17.6 Å². The maximum Gasteiger partial charge on any atom is 0.258 e. The molecule has 0 unspecified atom stereocenters. The topological polar surface area (TPSA) is 80.2 Å². The van der Waals surface area contributed by atoms with Gasteiger partial charge in [-0.05, 0) is 24.6 Å². The van der Waals surface area contributed by atoms with Gasteiger partial charge in [0.2, 0.25) is 0 Å². The van der Waals surface area contributed by atoms with Gasteiger partial charge in [-0.3, -0.25) is 14.6 Å². The fourth-order valence-electron chi connectivity index (χ4n) is 3.76. The molecule has 27 heavy (non-hydrogen) atoms. The van der Waals surface area contributed by atoms with Crippen LogP contribution in [0.25, 0.3) is 10.9 Å². The van der Waals surface area contributed by atoms with Crippen molar-refractivity contribution in [1.82, 2.24) is 19.4 Å². The summed E-state index contributed by atoms with van der Waals surface area (Å²) in [5, 5.41) is 0.470. The average Bonchev–Trinajstić information content (AvgIpc) is 3.04. The van der Waals surface area contributed by atoms with E-state index in [0.717, 1.165) is 29.7 Å². The van der Waals surface area contributed by atoms with Crippen LogP contribution >= 0.6 is 0 Å². The molecule has 0 radical (unpaired) electrons. The number of amides is 1. The number of hydrogen-bond donors (Lipinski definition) is 1. The molecule has 0 spiro atoms. The average molecular weight is 366 g/mol. The maximum atomic E-state index is 13.1. The van der Waals surface area contributed by atoms with Gasteiger partial charge in [-0.15, -0.1) is 0 Å². The van der Waals surface area contributed by atoms with Gasteiger partial charge < -0.3 is 19.2 Å². The Morgan fingerprint density at radius 2 is 1.96 bits per heavy atom. The fourth-order valence-corrected chi connectivity index (χ4v) is 3.76. The molecule has 0 aliphatic carbocycles. The number of carbonyl (C=O) groups is 1. The number of hydrogen-bond acceptors (Lipinski definition) is 4. The van der Waals surface area contributed by atoms with Gasteiger partial charge in [0.25, 0.3) is 11.5 Å². The van der Waals surface area contributed by atoms with E-state index >= 15 is 0 Å². The highest BCUT2D eigenvalue weighted by Crippen LogP contribution is 2.24. The first-order chi connectivity index (χ1) is 13.0. The summed E-state index contributed by atoms with van der Waals surface area (Å²) < 4.78 is 7.81. The Hall–Kier alpha value is -3.09. The second kappa shape index (κ2) is 6.90. The third-order valence-corrected chi connectivity index (χ3v) is 5.11. The van der Waals surface area contributed by atoms with Crippen LogP contribution in [0.15, 0.2) is 41.7 Å². The van der Waals surface area contributed by atoms with Gasteiger partial charge in [0.15, 0.2) is 0 Å². The molecule has 0 bridgehead atoms. The lowest BCUT2D eigenvalue weighted by Gasteiger charge is -2.32. The van der Waals surface area contributed by atoms with E-state index in [4.69, 9.17) is 4.74 Å². The molecule has 3 aromatic rings. The summed E-state index contributed by atoms with van der Waals surface area (Å²) in [4.78, 5) is 33.9. The quantitative estimate of drug-likeness (QED) is 0.771. The van der Waals surface area contributed by atoms with E-state index in [1.54, 1.807) is 24.8 Å². The van der Waals surface area contributed by atoms with Crippen molar-refractivity contribution >= 4 is 16.8 Å². The normalized spacial score (nSPS) is 15.3. The molecule has 0 atom stereocenters. The number of nitrogens with zero attached hydrogens (tertiary/aromatic N) is 3. The number of pyridine rings is 2. The number of aromatic amines is 1. The molecule has 140 valence electrons. The smallest absolute Gasteiger partial charge is 0.258 e. The number of ether oxygens (including phenoxy) is 1. The number of aryl methyl sites for hydroxylation is 2. The summed E-state index contributed by atoms with van der Waals surface area (Å²) in [5.74, 6) is 0.699. The lowest BCUT2D eigenvalue weighted by molar-refractivity contribution is 0.0597. The Morgan fingerprint density at radius 3 is 2.67 bits per heavy atom. The molecule has 1 aliphatic heterocycles. The second-order valence-corrected chi connectivity index (χ2v) is 6.97. The highest BCUT2D eigenvalue weighted by Gasteiger charge is 2.27. The third-order valence-electron chi connectivity index (χ3n) is 5.11. The van der Waals surface area contributed by atoms with Crippen LogP contribution < -0.4 is 10.3 Å². The molecule has 3 aromatic heterocycles. The van der Waals surface area contributed by atoms with Crippen LogP contribution in [0, 0.1) is 6.92 Å².